The number of carbonyl (C=O) groups is 1. The smallest absolute Gasteiger partial charge is 0.251 e. The lowest BCUT2D eigenvalue weighted by Gasteiger charge is -2.04. The highest BCUT2D eigenvalue weighted by atomic mass is 35.5. The fourth-order valence-electron chi connectivity index (χ4n) is 1.66. The van der Waals surface area contributed by atoms with Gasteiger partial charge >= 0.3 is 0 Å². The maximum absolute atomic E-state index is 12.0. The standard InChI is InChI=1S/C15H13ClN2O3/c1-10-7-13(21-18-10)9-17-15(20)12-5-4-11(3-2-6-19)14(16)8-12/h4-5,7-8,19H,6,9H2,1H3,(H,17,20). The molecule has 0 fully saturated rings. The maximum Gasteiger partial charge on any atom is 0.251 e. The van der Waals surface area contributed by atoms with Crippen LogP contribution in [0.25, 0.3) is 0 Å². The van der Waals surface area contributed by atoms with Gasteiger partial charge in [-0.25, -0.2) is 0 Å². The maximum atomic E-state index is 12.0. The van der Waals surface area contributed by atoms with Crippen molar-refractivity contribution in [2.24, 2.45) is 0 Å². The van der Waals surface area contributed by atoms with E-state index in [1.807, 2.05) is 0 Å². The van der Waals surface area contributed by atoms with Crippen molar-refractivity contribution in [1.82, 2.24) is 10.5 Å². The predicted molar refractivity (Wildman–Crippen MR) is 77.8 cm³/mol. The number of hydrogen-bond donors (Lipinski definition) is 2. The number of nitrogens with zero attached hydrogens (tertiary/aromatic N) is 1. The number of rotatable bonds is 3. The first kappa shape index (κ1) is 15.1. The molecule has 0 bridgehead atoms. The Balaban J connectivity index is 2.04. The third-order valence-corrected chi connectivity index (χ3v) is 2.95. The van der Waals surface area contributed by atoms with Gasteiger partial charge in [-0.2, -0.15) is 0 Å². The summed E-state index contributed by atoms with van der Waals surface area (Å²) in [7, 11) is 0. The van der Waals surface area contributed by atoms with Crippen LogP contribution in [0.3, 0.4) is 0 Å². The molecule has 21 heavy (non-hydrogen) atoms. The zero-order valence-electron chi connectivity index (χ0n) is 11.3. The van der Waals surface area contributed by atoms with E-state index in [-0.39, 0.29) is 19.1 Å². The van der Waals surface area contributed by atoms with Crippen molar-refractivity contribution in [2.75, 3.05) is 6.61 Å². The van der Waals surface area contributed by atoms with Crippen LogP contribution < -0.4 is 5.32 Å². The molecule has 5 nitrogen and oxygen atoms in total. The van der Waals surface area contributed by atoms with E-state index in [0.29, 0.717) is 21.9 Å². The quantitative estimate of drug-likeness (QED) is 0.849. The zero-order chi connectivity index (χ0) is 15.2. The molecule has 1 amide bonds. The minimum Gasteiger partial charge on any atom is -0.384 e. The first-order chi connectivity index (χ1) is 10.1. The molecule has 2 rings (SSSR count). The van der Waals surface area contributed by atoms with E-state index in [0.717, 1.165) is 5.69 Å². The molecule has 0 aliphatic heterocycles. The Morgan fingerprint density at radius 3 is 2.90 bits per heavy atom. The van der Waals surface area contributed by atoms with Crippen molar-refractivity contribution >= 4 is 17.5 Å². The highest BCUT2D eigenvalue weighted by Crippen LogP contribution is 2.17. The number of amides is 1. The second-order valence-electron chi connectivity index (χ2n) is 4.27. The van der Waals surface area contributed by atoms with Crippen LogP contribution in [0.15, 0.2) is 28.8 Å². The second kappa shape index (κ2) is 6.93. The lowest BCUT2D eigenvalue weighted by atomic mass is 10.1. The second-order valence-corrected chi connectivity index (χ2v) is 4.68. The van der Waals surface area contributed by atoms with Crippen LogP contribution >= 0.6 is 11.6 Å². The van der Waals surface area contributed by atoms with Crippen molar-refractivity contribution in [2.45, 2.75) is 13.5 Å². The first-order valence-corrected chi connectivity index (χ1v) is 6.57. The number of benzene rings is 1. The zero-order valence-corrected chi connectivity index (χ0v) is 12.1. The Labute approximate surface area is 126 Å². The van der Waals surface area contributed by atoms with Crippen LogP contribution in [0.2, 0.25) is 5.02 Å². The summed E-state index contributed by atoms with van der Waals surface area (Å²) < 4.78 is 5.00. The molecular weight excluding hydrogens is 292 g/mol. The van der Waals surface area contributed by atoms with Gasteiger partial charge in [-0.3, -0.25) is 4.79 Å². The molecule has 0 spiro atoms. The fraction of sp³-hybridized carbons (Fsp3) is 0.200. The van der Waals surface area contributed by atoms with Gasteiger partial charge in [0.2, 0.25) is 0 Å². The van der Waals surface area contributed by atoms with E-state index >= 15 is 0 Å². The van der Waals surface area contributed by atoms with Crippen molar-refractivity contribution in [3.8, 4) is 11.8 Å². The van der Waals surface area contributed by atoms with Crippen LogP contribution in [0.1, 0.15) is 27.4 Å². The predicted octanol–water partition coefficient (Wildman–Crippen LogP) is 1.91. The molecule has 0 saturated carbocycles. The van der Waals surface area contributed by atoms with E-state index in [1.165, 1.54) is 6.07 Å². The third-order valence-electron chi connectivity index (χ3n) is 2.63. The lowest BCUT2D eigenvalue weighted by molar-refractivity contribution is 0.0947. The molecule has 0 unspecified atom stereocenters. The Kier molecular flexibility index (Phi) is 4.99. The largest absolute Gasteiger partial charge is 0.384 e. The summed E-state index contributed by atoms with van der Waals surface area (Å²) in [6.45, 7) is 1.82. The summed E-state index contributed by atoms with van der Waals surface area (Å²) in [4.78, 5) is 12.0. The van der Waals surface area contributed by atoms with Gasteiger partial charge in [0.25, 0.3) is 5.91 Å². The summed E-state index contributed by atoms with van der Waals surface area (Å²) >= 11 is 6.04. The highest BCUT2D eigenvalue weighted by molar-refractivity contribution is 6.32. The average molecular weight is 305 g/mol. The normalized spacial score (nSPS) is 9.86. The molecule has 6 heteroatoms. The van der Waals surface area contributed by atoms with Gasteiger partial charge in [0.1, 0.15) is 6.61 Å². The lowest BCUT2D eigenvalue weighted by Crippen LogP contribution is -2.22. The van der Waals surface area contributed by atoms with Crippen LogP contribution in [-0.2, 0) is 6.54 Å². The number of aliphatic hydroxyl groups is 1. The fourth-order valence-corrected chi connectivity index (χ4v) is 1.89. The Bertz CT molecular complexity index is 713. The minimum atomic E-state index is -0.271. The molecule has 1 aromatic carbocycles. The molecule has 1 heterocycles. The van der Waals surface area contributed by atoms with Crippen molar-refractivity contribution in [3.63, 3.8) is 0 Å². The van der Waals surface area contributed by atoms with Crippen molar-refractivity contribution < 1.29 is 14.4 Å². The topological polar surface area (TPSA) is 75.4 Å². The van der Waals surface area contributed by atoms with Crippen LogP contribution in [0.5, 0.6) is 0 Å². The molecule has 1 aromatic heterocycles. The van der Waals surface area contributed by atoms with E-state index in [2.05, 4.69) is 22.3 Å². The SMILES string of the molecule is Cc1cc(CNC(=O)c2ccc(C#CCO)c(Cl)c2)on1. The number of nitrogens with one attached hydrogen (secondary N) is 1. The molecule has 0 atom stereocenters. The first-order valence-electron chi connectivity index (χ1n) is 6.20. The van der Waals surface area contributed by atoms with Crippen LogP contribution in [0, 0.1) is 18.8 Å². The summed E-state index contributed by atoms with van der Waals surface area (Å²) in [5.74, 6) is 5.52. The van der Waals surface area contributed by atoms with E-state index < -0.39 is 0 Å². The minimum absolute atomic E-state index is 0.241. The number of carbonyl (C=O) groups excluding carboxylic acids is 1. The molecule has 108 valence electrons. The van der Waals surface area contributed by atoms with Gasteiger partial charge in [-0.15, -0.1) is 0 Å². The molecule has 2 N–H and O–H groups in total. The third kappa shape index (κ3) is 4.09. The number of aryl methyl sites for hydroxylation is 1. The monoisotopic (exact) mass is 304 g/mol. The molecule has 0 aliphatic rings. The number of aliphatic hydroxyl groups excluding tert-OH is 1. The van der Waals surface area contributed by atoms with Gasteiger partial charge in [0.15, 0.2) is 5.76 Å². The van der Waals surface area contributed by atoms with E-state index in [9.17, 15) is 4.79 Å². The van der Waals surface area contributed by atoms with Gasteiger partial charge < -0.3 is 14.9 Å². The van der Waals surface area contributed by atoms with E-state index in [1.54, 1.807) is 25.1 Å². The summed E-state index contributed by atoms with van der Waals surface area (Å²) in [6.07, 6.45) is 0. The molecule has 2 aromatic rings. The van der Waals surface area contributed by atoms with Crippen molar-refractivity contribution in [1.29, 1.82) is 0 Å². The summed E-state index contributed by atoms with van der Waals surface area (Å²) in [5.41, 5.74) is 1.74. The van der Waals surface area contributed by atoms with Gasteiger partial charge in [-0.1, -0.05) is 28.6 Å². The number of halogens is 1. The van der Waals surface area contributed by atoms with Crippen molar-refractivity contribution in [3.05, 3.63) is 51.9 Å². The van der Waals surface area contributed by atoms with Gasteiger partial charge in [-0.05, 0) is 25.1 Å². The number of hydrogen-bond acceptors (Lipinski definition) is 4. The van der Waals surface area contributed by atoms with Gasteiger partial charge in [0, 0.05) is 17.2 Å². The van der Waals surface area contributed by atoms with Crippen LogP contribution in [0.4, 0.5) is 0 Å². The molecule has 0 saturated heterocycles. The Morgan fingerprint density at radius 1 is 1.48 bits per heavy atom. The number of aromatic nitrogens is 1. The summed E-state index contributed by atoms with van der Waals surface area (Å²) in [5, 5.41) is 15.5. The Morgan fingerprint density at radius 2 is 2.29 bits per heavy atom. The Hall–Kier alpha value is -2.29. The molecule has 0 radical (unpaired) electrons. The van der Waals surface area contributed by atoms with Crippen LogP contribution in [-0.4, -0.2) is 22.8 Å². The van der Waals surface area contributed by atoms with E-state index in [4.69, 9.17) is 21.2 Å². The molecule has 0 aliphatic carbocycles. The highest BCUT2D eigenvalue weighted by Gasteiger charge is 2.09. The van der Waals surface area contributed by atoms with Gasteiger partial charge in [0.05, 0.1) is 17.3 Å². The molecular formula is C15H13ClN2O3. The summed E-state index contributed by atoms with van der Waals surface area (Å²) in [6, 6.07) is 6.54. The average Bonchev–Trinajstić information content (AvgIpc) is 2.89.